The highest BCUT2D eigenvalue weighted by atomic mass is 32.2. The van der Waals surface area contributed by atoms with Gasteiger partial charge in [-0.05, 0) is 65.2 Å². The number of carboxylic acid groups (broad SMARTS) is 1. The van der Waals surface area contributed by atoms with Crippen LogP contribution in [-0.4, -0.2) is 66.2 Å². The zero-order valence-electron chi connectivity index (χ0n) is 25.1. The molecular weight excluding hydrogens is 589 g/mol. The van der Waals surface area contributed by atoms with Gasteiger partial charge in [0.05, 0.1) is 9.77 Å². The lowest BCUT2D eigenvalue weighted by Gasteiger charge is -2.39. The van der Waals surface area contributed by atoms with E-state index in [4.69, 9.17) is 0 Å². The number of benzene rings is 2. The van der Waals surface area contributed by atoms with Crippen molar-refractivity contribution in [2.75, 3.05) is 23.3 Å². The van der Waals surface area contributed by atoms with E-state index in [1.807, 2.05) is 44.2 Å². The Kier molecular flexibility index (Phi) is 9.98. The molecule has 0 spiro atoms. The number of carbonyl (C=O) groups is 2. The van der Waals surface area contributed by atoms with Gasteiger partial charge in [0.15, 0.2) is 5.13 Å². The molecule has 4 rings (SSSR count). The fraction of sp³-hybridized carbons (Fsp3) is 0.433. The van der Waals surface area contributed by atoms with E-state index in [1.165, 1.54) is 22.3 Å². The topological polar surface area (TPSA) is 144 Å². The Labute approximate surface area is 257 Å². The third-order valence-corrected chi connectivity index (χ3v) is 9.82. The van der Waals surface area contributed by atoms with Crippen LogP contribution in [0.4, 0.5) is 20.4 Å². The number of anilines is 2. The molecule has 13 heteroatoms. The van der Waals surface area contributed by atoms with Crippen molar-refractivity contribution in [1.29, 1.82) is 0 Å². The predicted molar refractivity (Wildman–Crippen MR) is 170 cm³/mol. The van der Waals surface area contributed by atoms with E-state index in [1.54, 1.807) is 39.1 Å². The van der Waals surface area contributed by atoms with Crippen molar-refractivity contribution < 1.29 is 23.1 Å². The maximum absolute atomic E-state index is 13.6. The average Bonchev–Trinajstić information content (AvgIpc) is 3.41. The third kappa shape index (κ3) is 8.46. The molecular formula is C30H40N6O5S2. The molecule has 0 unspecified atom stereocenters. The summed E-state index contributed by atoms with van der Waals surface area (Å²) in [5, 5.41) is 15.9. The standard InChI is InChI=1S/C30H40N6O5S2/c1-20(2)36(29(38)39)23-13-15-35(16-14-23)28-32-19-25(42-28)24-12-11-22(17-26(24)43(40,41)34-30(3,4)5)33-27(37)31-18-21-9-7-6-8-10-21/h6-12,17,19-20,23,34H,13-16,18H2,1-5H3,(H,38,39)(H2,31,33,37). The number of amides is 3. The van der Waals surface area contributed by atoms with Crippen molar-refractivity contribution >= 4 is 44.3 Å². The smallest absolute Gasteiger partial charge is 0.407 e. The minimum atomic E-state index is -3.98. The second kappa shape index (κ2) is 13.3. The lowest BCUT2D eigenvalue weighted by atomic mass is 10.0. The summed E-state index contributed by atoms with van der Waals surface area (Å²) < 4.78 is 29.9. The van der Waals surface area contributed by atoms with Crippen LogP contribution in [0.3, 0.4) is 0 Å². The number of thiazole rings is 1. The Bertz CT molecular complexity index is 1530. The van der Waals surface area contributed by atoms with Crippen LogP contribution >= 0.6 is 11.3 Å². The van der Waals surface area contributed by atoms with Gasteiger partial charge in [0.1, 0.15) is 0 Å². The van der Waals surface area contributed by atoms with Crippen LogP contribution < -0.4 is 20.3 Å². The van der Waals surface area contributed by atoms with Crippen molar-refractivity contribution in [3.8, 4) is 10.4 Å². The summed E-state index contributed by atoms with van der Waals surface area (Å²) in [6.45, 7) is 10.7. The van der Waals surface area contributed by atoms with E-state index >= 15 is 0 Å². The molecule has 232 valence electrons. The molecule has 1 aromatic heterocycles. The first-order valence-corrected chi connectivity index (χ1v) is 16.5. The number of carbonyl (C=O) groups excluding carboxylic acids is 1. The van der Waals surface area contributed by atoms with Crippen LogP contribution in [0.15, 0.2) is 59.6 Å². The molecule has 0 saturated carbocycles. The van der Waals surface area contributed by atoms with Gasteiger partial charge in [0.25, 0.3) is 0 Å². The Hall–Kier alpha value is -3.68. The molecule has 3 amide bonds. The number of nitrogens with one attached hydrogen (secondary N) is 3. The quantitative estimate of drug-likeness (QED) is 0.243. The number of aromatic nitrogens is 1. The highest BCUT2D eigenvalue weighted by Crippen LogP contribution is 2.37. The van der Waals surface area contributed by atoms with Crippen molar-refractivity contribution in [3.63, 3.8) is 0 Å². The average molecular weight is 629 g/mol. The number of sulfonamides is 1. The number of urea groups is 1. The minimum absolute atomic E-state index is 0.0335. The van der Waals surface area contributed by atoms with Crippen LogP contribution in [0.1, 0.15) is 53.0 Å². The first-order chi connectivity index (χ1) is 20.2. The fourth-order valence-corrected chi connectivity index (χ4v) is 7.84. The van der Waals surface area contributed by atoms with Gasteiger partial charge < -0.3 is 25.5 Å². The summed E-state index contributed by atoms with van der Waals surface area (Å²) in [7, 11) is -3.98. The lowest BCUT2D eigenvalue weighted by Crippen LogP contribution is -2.49. The number of piperidine rings is 1. The van der Waals surface area contributed by atoms with Gasteiger partial charge in [-0.25, -0.2) is 27.7 Å². The number of rotatable bonds is 9. The molecule has 1 aliphatic heterocycles. The van der Waals surface area contributed by atoms with E-state index in [0.29, 0.717) is 48.6 Å². The predicted octanol–water partition coefficient (Wildman–Crippen LogP) is 5.57. The maximum Gasteiger partial charge on any atom is 0.407 e. The van der Waals surface area contributed by atoms with E-state index in [9.17, 15) is 23.1 Å². The van der Waals surface area contributed by atoms with Gasteiger partial charge in [-0.15, -0.1) is 0 Å². The zero-order chi connectivity index (χ0) is 31.4. The summed E-state index contributed by atoms with van der Waals surface area (Å²) >= 11 is 1.38. The van der Waals surface area contributed by atoms with E-state index in [-0.39, 0.29) is 17.0 Å². The Morgan fingerprint density at radius 3 is 2.40 bits per heavy atom. The highest BCUT2D eigenvalue weighted by molar-refractivity contribution is 7.89. The lowest BCUT2D eigenvalue weighted by molar-refractivity contribution is 0.0980. The maximum atomic E-state index is 13.6. The normalized spacial score (nSPS) is 14.5. The third-order valence-electron chi connectivity index (χ3n) is 6.93. The van der Waals surface area contributed by atoms with Crippen LogP contribution in [0.25, 0.3) is 10.4 Å². The first-order valence-electron chi connectivity index (χ1n) is 14.2. The van der Waals surface area contributed by atoms with Crippen molar-refractivity contribution in [3.05, 3.63) is 60.3 Å². The molecule has 3 aromatic rings. The molecule has 1 saturated heterocycles. The van der Waals surface area contributed by atoms with Gasteiger partial charge in [-0.3, -0.25) is 0 Å². The van der Waals surface area contributed by atoms with Crippen LogP contribution in [0, 0.1) is 0 Å². The molecule has 4 N–H and O–H groups in total. The Balaban J connectivity index is 1.55. The Morgan fingerprint density at radius 1 is 1.12 bits per heavy atom. The molecule has 0 bridgehead atoms. The van der Waals surface area contributed by atoms with Gasteiger partial charge in [-0.1, -0.05) is 47.7 Å². The molecule has 0 aliphatic carbocycles. The minimum Gasteiger partial charge on any atom is -0.465 e. The second-order valence-electron chi connectivity index (χ2n) is 11.9. The van der Waals surface area contributed by atoms with E-state index in [2.05, 4.69) is 25.2 Å². The molecule has 2 aromatic carbocycles. The molecule has 0 atom stereocenters. The molecule has 43 heavy (non-hydrogen) atoms. The van der Waals surface area contributed by atoms with Crippen LogP contribution in [0.2, 0.25) is 0 Å². The summed E-state index contributed by atoms with van der Waals surface area (Å²) in [5.74, 6) is 0. The SMILES string of the molecule is CC(C)N(C(=O)O)C1CCN(c2ncc(-c3ccc(NC(=O)NCc4ccccc4)cc3S(=O)(=O)NC(C)(C)C)s2)CC1. The van der Waals surface area contributed by atoms with Gasteiger partial charge in [0.2, 0.25) is 10.0 Å². The summed E-state index contributed by atoms with van der Waals surface area (Å²) in [4.78, 5) is 33.3. The summed E-state index contributed by atoms with van der Waals surface area (Å²) in [6.07, 6.45) is 2.12. The first kappa shape index (κ1) is 32.2. The van der Waals surface area contributed by atoms with Crippen LogP contribution in [-0.2, 0) is 16.6 Å². The van der Waals surface area contributed by atoms with Gasteiger partial charge in [-0.2, -0.15) is 0 Å². The molecule has 11 nitrogen and oxygen atoms in total. The fourth-order valence-electron chi connectivity index (χ4n) is 5.11. The second-order valence-corrected chi connectivity index (χ2v) is 14.5. The monoisotopic (exact) mass is 628 g/mol. The number of hydrogen-bond donors (Lipinski definition) is 4. The van der Waals surface area contributed by atoms with Crippen molar-refractivity contribution in [2.24, 2.45) is 0 Å². The van der Waals surface area contributed by atoms with Gasteiger partial charge in [0, 0.05) is 54.7 Å². The van der Waals surface area contributed by atoms with E-state index in [0.717, 1.165) is 10.7 Å². The summed E-state index contributed by atoms with van der Waals surface area (Å²) in [6, 6.07) is 13.7. The van der Waals surface area contributed by atoms with Crippen molar-refractivity contribution in [2.45, 2.75) is 76.5 Å². The number of hydrogen-bond acceptors (Lipinski definition) is 7. The summed E-state index contributed by atoms with van der Waals surface area (Å²) in [5.41, 5.74) is 1.02. The molecule has 0 radical (unpaired) electrons. The highest BCUT2D eigenvalue weighted by Gasteiger charge is 2.31. The van der Waals surface area contributed by atoms with Crippen LogP contribution in [0.5, 0.6) is 0 Å². The number of nitrogens with zero attached hydrogens (tertiary/aromatic N) is 3. The van der Waals surface area contributed by atoms with Crippen molar-refractivity contribution in [1.82, 2.24) is 19.9 Å². The molecule has 1 fully saturated rings. The zero-order valence-corrected chi connectivity index (χ0v) is 26.8. The largest absolute Gasteiger partial charge is 0.465 e. The van der Waals surface area contributed by atoms with Gasteiger partial charge >= 0.3 is 12.1 Å². The molecule has 2 heterocycles. The molecule has 1 aliphatic rings. The Morgan fingerprint density at radius 2 is 1.79 bits per heavy atom. The van der Waals surface area contributed by atoms with E-state index < -0.39 is 27.7 Å².